The van der Waals surface area contributed by atoms with Crippen molar-refractivity contribution in [1.82, 2.24) is 14.5 Å². The Morgan fingerprint density at radius 1 is 0.857 bits per heavy atom. The minimum Gasteiger partial charge on any atom is -0.456 e. The van der Waals surface area contributed by atoms with Crippen LogP contribution in [0.2, 0.25) is 5.02 Å². The van der Waals surface area contributed by atoms with Crippen molar-refractivity contribution in [1.29, 1.82) is 0 Å². The molecule has 0 aliphatic carbocycles. The fourth-order valence-electron chi connectivity index (χ4n) is 7.30. The van der Waals surface area contributed by atoms with Gasteiger partial charge in [0.2, 0.25) is 0 Å². The maximum Gasteiger partial charge on any atom is 0.293 e. The summed E-state index contributed by atoms with van der Waals surface area (Å²) in [7, 11) is -0.661. The second-order valence-corrected chi connectivity index (χ2v) is 18.7. The first-order valence-corrected chi connectivity index (χ1v) is 23.4. The summed E-state index contributed by atoms with van der Waals surface area (Å²) in [5.74, 6) is 0.297. The highest BCUT2D eigenvalue weighted by molar-refractivity contribution is 7.99. The van der Waals surface area contributed by atoms with E-state index < -0.39 is 31.4 Å². The van der Waals surface area contributed by atoms with Crippen molar-refractivity contribution < 1.29 is 22.9 Å². The predicted molar refractivity (Wildman–Crippen MR) is 253 cm³/mol. The molecule has 0 aromatic heterocycles. The van der Waals surface area contributed by atoms with E-state index in [2.05, 4.69) is 38.0 Å². The molecule has 12 nitrogen and oxygen atoms in total. The average molecular weight is 906 g/mol. The second kappa shape index (κ2) is 21.0. The van der Waals surface area contributed by atoms with Gasteiger partial charge in [0.1, 0.15) is 17.2 Å². The van der Waals surface area contributed by atoms with E-state index in [-0.39, 0.29) is 23.0 Å². The molecule has 0 radical (unpaired) electrons. The quantitative estimate of drug-likeness (QED) is 0.0485. The van der Waals surface area contributed by atoms with Crippen LogP contribution in [-0.4, -0.2) is 87.7 Å². The molecule has 1 heterocycles. The van der Waals surface area contributed by atoms with Crippen molar-refractivity contribution in [2.75, 3.05) is 62.8 Å². The first kappa shape index (κ1) is 45.1. The lowest BCUT2D eigenvalue weighted by atomic mass is 9.99. The van der Waals surface area contributed by atoms with Crippen molar-refractivity contribution in [3.63, 3.8) is 0 Å². The Hall–Kier alpha value is -5.90. The van der Waals surface area contributed by atoms with Gasteiger partial charge in [0.05, 0.1) is 15.4 Å². The molecule has 0 unspecified atom stereocenters. The maximum absolute atomic E-state index is 13.9. The van der Waals surface area contributed by atoms with Crippen molar-refractivity contribution in [2.24, 2.45) is 0 Å². The topological polar surface area (TPSA) is 137 Å². The molecule has 2 N–H and O–H groups in total. The van der Waals surface area contributed by atoms with Crippen LogP contribution >= 0.6 is 23.4 Å². The van der Waals surface area contributed by atoms with Gasteiger partial charge in [0.15, 0.2) is 0 Å². The molecule has 15 heteroatoms. The number of halogens is 1. The first-order valence-electron chi connectivity index (χ1n) is 20.5. The number of para-hydroxylation sites is 1. The number of hydrogen-bond acceptors (Lipinski definition) is 11. The van der Waals surface area contributed by atoms with E-state index in [4.69, 9.17) is 16.3 Å². The number of anilines is 2. The number of carbonyl (C=O) groups excluding carboxylic acids is 1. The molecular weight excluding hydrogens is 856 g/mol. The summed E-state index contributed by atoms with van der Waals surface area (Å²) >= 11 is 7.78. The van der Waals surface area contributed by atoms with Gasteiger partial charge in [-0.3, -0.25) is 19.8 Å². The Balaban J connectivity index is 1.06. The van der Waals surface area contributed by atoms with Crippen molar-refractivity contribution in [2.45, 2.75) is 28.8 Å². The van der Waals surface area contributed by atoms with E-state index in [0.717, 1.165) is 54.0 Å². The molecule has 1 aliphatic rings. The predicted octanol–water partition coefficient (Wildman–Crippen LogP) is 9.67. The summed E-state index contributed by atoms with van der Waals surface area (Å²) in [6.45, 7) is 4.49. The molecule has 1 amide bonds. The number of carbonyl (C=O) groups is 1. The highest BCUT2D eigenvalue weighted by Crippen LogP contribution is 2.34. The highest BCUT2D eigenvalue weighted by Gasteiger charge is 2.27. The third-order valence-electron chi connectivity index (χ3n) is 10.7. The summed E-state index contributed by atoms with van der Waals surface area (Å²) in [5, 5.41) is 16.4. The summed E-state index contributed by atoms with van der Waals surface area (Å²) < 4.78 is 35.9. The molecule has 0 saturated carbocycles. The summed E-state index contributed by atoms with van der Waals surface area (Å²) in [6, 6.07) is 43.5. The molecule has 1 aliphatic heterocycles. The molecule has 1 atom stereocenters. The van der Waals surface area contributed by atoms with E-state index in [0.29, 0.717) is 36.0 Å². The zero-order valence-electron chi connectivity index (χ0n) is 35.0. The zero-order chi connectivity index (χ0) is 44.3. The Labute approximate surface area is 378 Å². The SMILES string of the molecule is CN(C)CC[C@H](CSc1ccccc1)Nc1ccc(S(=O)(=O)NC(=O)c2ccc(N3CCN(Cc4ccccc4-c4ccc(Cl)cc4)CC3)cc2Oc2ccccc2)cc1[N+](=O)[O-]. The number of nitro groups is 1. The molecule has 1 fully saturated rings. The van der Waals surface area contributed by atoms with Crippen LogP contribution in [0.4, 0.5) is 17.1 Å². The fourth-order valence-corrected chi connectivity index (χ4v) is 9.41. The third-order valence-corrected chi connectivity index (χ3v) is 13.4. The number of hydrogen-bond donors (Lipinski definition) is 2. The molecule has 1 saturated heterocycles. The van der Waals surface area contributed by atoms with Gasteiger partial charge in [-0.25, -0.2) is 13.1 Å². The van der Waals surface area contributed by atoms with Gasteiger partial charge in [0.25, 0.3) is 21.6 Å². The van der Waals surface area contributed by atoms with Gasteiger partial charge in [-0.15, -0.1) is 11.8 Å². The van der Waals surface area contributed by atoms with Crippen LogP contribution in [0.3, 0.4) is 0 Å². The minimum atomic E-state index is -4.57. The number of benzene rings is 6. The first-order chi connectivity index (χ1) is 30.4. The smallest absolute Gasteiger partial charge is 0.293 e. The van der Waals surface area contributed by atoms with E-state index in [9.17, 15) is 23.3 Å². The largest absolute Gasteiger partial charge is 0.456 e. The summed E-state index contributed by atoms with van der Waals surface area (Å²) in [5.41, 5.74) is 4.04. The van der Waals surface area contributed by atoms with Crippen molar-refractivity contribution >= 4 is 56.4 Å². The van der Waals surface area contributed by atoms with E-state index in [1.807, 2.05) is 85.7 Å². The lowest BCUT2D eigenvalue weighted by molar-refractivity contribution is -0.384. The second-order valence-electron chi connectivity index (χ2n) is 15.5. The Bertz CT molecular complexity index is 2610. The Morgan fingerprint density at radius 3 is 2.24 bits per heavy atom. The number of rotatable bonds is 18. The molecule has 6 aromatic carbocycles. The molecule has 0 spiro atoms. The van der Waals surface area contributed by atoms with Gasteiger partial charge >= 0.3 is 0 Å². The lowest BCUT2D eigenvalue weighted by Gasteiger charge is -2.36. The van der Waals surface area contributed by atoms with Crippen LogP contribution in [0.25, 0.3) is 11.1 Å². The van der Waals surface area contributed by atoms with Crippen LogP contribution in [0.15, 0.2) is 155 Å². The van der Waals surface area contributed by atoms with Gasteiger partial charge in [0, 0.05) is 72.3 Å². The monoisotopic (exact) mass is 904 g/mol. The number of ether oxygens (including phenoxy) is 1. The molecule has 6 aromatic rings. The molecule has 63 heavy (non-hydrogen) atoms. The van der Waals surface area contributed by atoms with E-state index >= 15 is 0 Å². The van der Waals surface area contributed by atoms with Gasteiger partial charge < -0.3 is 19.9 Å². The standard InChI is InChI=1S/C48H49ClN6O6S2/c1-52(2)26-25-38(34-62-41-14-7-4-8-15-41)50-45-24-22-42(32-46(45)55(57)58)63(59,60)51-48(56)44-23-21-39(31-47(44)61-40-12-5-3-6-13-40)54-29-27-53(28-30-54)33-36-11-9-10-16-43(36)35-17-19-37(49)20-18-35/h3-24,31-32,38,50H,25-30,33-34H2,1-2H3,(H,51,56)/t38-/m1/s1. The van der Waals surface area contributed by atoms with Crippen LogP contribution in [0.1, 0.15) is 22.3 Å². The number of piperazine rings is 1. The van der Waals surface area contributed by atoms with Crippen molar-refractivity contribution in [3.05, 3.63) is 172 Å². The Morgan fingerprint density at radius 2 is 1.54 bits per heavy atom. The molecule has 326 valence electrons. The summed E-state index contributed by atoms with van der Waals surface area (Å²) in [6.07, 6.45) is 0.684. The summed E-state index contributed by atoms with van der Waals surface area (Å²) in [4.78, 5) is 32.9. The third kappa shape index (κ3) is 12.2. The van der Waals surface area contributed by atoms with E-state index in [1.54, 1.807) is 54.2 Å². The zero-order valence-corrected chi connectivity index (χ0v) is 37.4. The fraction of sp³-hybridized carbons (Fsp3) is 0.229. The van der Waals surface area contributed by atoms with E-state index in [1.165, 1.54) is 17.7 Å². The van der Waals surface area contributed by atoms with Gasteiger partial charge in [-0.1, -0.05) is 84.4 Å². The number of thioether (sulfide) groups is 1. The Kier molecular flexibility index (Phi) is 15.0. The lowest BCUT2D eigenvalue weighted by Crippen LogP contribution is -2.46. The van der Waals surface area contributed by atoms with Gasteiger partial charge in [-0.2, -0.15) is 0 Å². The maximum atomic E-state index is 13.9. The van der Waals surface area contributed by atoms with Crippen LogP contribution in [0.5, 0.6) is 11.5 Å². The highest BCUT2D eigenvalue weighted by atomic mass is 35.5. The minimum absolute atomic E-state index is 0.0175. The average Bonchev–Trinajstić information content (AvgIpc) is 3.28. The number of nitrogens with one attached hydrogen (secondary N) is 2. The normalized spacial score (nSPS) is 13.7. The number of nitro benzene ring substituents is 1. The molecule has 7 rings (SSSR count). The van der Waals surface area contributed by atoms with Crippen molar-refractivity contribution in [3.8, 4) is 22.6 Å². The molecular formula is C48H49ClN6O6S2. The van der Waals surface area contributed by atoms with Gasteiger partial charge in [-0.05, 0) is 104 Å². The number of amides is 1. The number of nitrogens with zero attached hydrogens (tertiary/aromatic N) is 4. The number of sulfonamides is 1. The molecule has 0 bridgehead atoms. The van der Waals surface area contributed by atoms with Crippen LogP contribution in [-0.2, 0) is 16.6 Å². The van der Waals surface area contributed by atoms with Crippen LogP contribution in [0, 0.1) is 10.1 Å². The van der Waals surface area contributed by atoms with Crippen LogP contribution < -0.4 is 19.7 Å².